The third-order valence-electron chi connectivity index (χ3n) is 5.12. The summed E-state index contributed by atoms with van der Waals surface area (Å²) >= 11 is 0. The van der Waals surface area contributed by atoms with Gasteiger partial charge in [0.15, 0.2) is 0 Å². The van der Waals surface area contributed by atoms with Crippen LogP contribution in [0.1, 0.15) is 38.7 Å². The summed E-state index contributed by atoms with van der Waals surface area (Å²) < 4.78 is 6.12. The fourth-order valence-corrected chi connectivity index (χ4v) is 3.34. The molecule has 0 spiro atoms. The summed E-state index contributed by atoms with van der Waals surface area (Å²) in [5.41, 5.74) is 3.02. The minimum atomic E-state index is 0.328. The maximum absolute atomic E-state index is 6.12. The first-order chi connectivity index (χ1) is 10.2. The zero-order valence-electron chi connectivity index (χ0n) is 13.5. The van der Waals surface area contributed by atoms with E-state index in [1.165, 1.54) is 56.6 Å². The van der Waals surface area contributed by atoms with Crippen molar-refractivity contribution < 1.29 is 4.74 Å². The number of rotatable bonds is 4. The number of benzene rings is 1. The highest BCUT2D eigenvalue weighted by Gasteiger charge is 2.30. The van der Waals surface area contributed by atoms with Crippen molar-refractivity contribution in [2.75, 3.05) is 38.1 Å². The molecule has 0 unspecified atom stereocenters. The summed E-state index contributed by atoms with van der Waals surface area (Å²) in [4.78, 5) is 2.53. The molecular weight excluding hydrogens is 260 g/mol. The molecule has 21 heavy (non-hydrogen) atoms. The zero-order chi connectivity index (χ0) is 14.7. The number of likely N-dealkylation sites (tertiary alicyclic amines) is 1. The molecule has 1 saturated heterocycles. The van der Waals surface area contributed by atoms with E-state index < -0.39 is 0 Å². The van der Waals surface area contributed by atoms with Crippen LogP contribution in [0.15, 0.2) is 18.2 Å². The third-order valence-corrected chi connectivity index (χ3v) is 5.12. The average Bonchev–Trinajstić information content (AvgIpc) is 2.54. The van der Waals surface area contributed by atoms with Gasteiger partial charge >= 0.3 is 0 Å². The number of fused-ring (bicyclic) bond motifs is 1. The first-order valence-electron chi connectivity index (χ1n) is 8.40. The smallest absolute Gasteiger partial charge is 0.121 e. The van der Waals surface area contributed by atoms with Gasteiger partial charge in [-0.15, -0.1) is 0 Å². The second-order valence-electron chi connectivity index (χ2n) is 6.88. The molecule has 0 amide bonds. The van der Waals surface area contributed by atoms with E-state index in [2.05, 4.69) is 42.3 Å². The van der Waals surface area contributed by atoms with Crippen LogP contribution in [0.25, 0.3) is 0 Å². The molecule has 1 fully saturated rings. The molecule has 2 aliphatic heterocycles. The van der Waals surface area contributed by atoms with E-state index in [4.69, 9.17) is 4.74 Å². The summed E-state index contributed by atoms with van der Waals surface area (Å²) in [5.74, 6) is 1.02. The lowest BCUT2D eigenvalue weighted by Gasteiger charge is -2.38. The number of aryl methyl sites for hydroxylation is 1. The first kappa shape index (κ1) is 14.7. The molecule has 3 nitrogen and oxygen atoms in total. The summed E-state index contributed by atoms with van der Waals surface area (Å²) in [6.07, 6.45) is 4.90. The number of ether oxygens (including phenoxy) is 1. The Hall–Kier alpha value is -1.22. The van der Waals surface area contributed by atoms with E-state index in [0.717, 1.165) is 18.9 Å². The largest absolute Gasteiger partial charge is 0.493 e. The molecule has 1 N–H and O–H groups in total. The van der Waals surface area contributed by atoms with E-state index in [9.17, 15) is 0 Å². The van der Waals surface area contributed by atoms with Crippen molar-refractivity contribution in [2.24, 2.45) is 5.41 Å². The maximum atomic E-state index is 6.12. The molecule has 1 aromatic carbocycles. The van der Waals surface area contributed by atoms with Gasteiger partial charge in [0.05, 0.1) is 6.61 Å². The SMILES string of the molecule is CCN1CCC(C)(COc2ccc3c(c2)NCCC3)CC1. The molecule has 1 aromatic rings. The van der Waals surface area contributed by atoms with Gasteiger partial charge in [-0.1, -0.05) is 19.9 Å². The number of nitrogens with zero attached hydrogens (tertiary/aromatic N) is 1. The number of piperidine rings is 1. The van der Waals surface area contributed by atoms with E-state index >= 15 is 0 Å². The second-order valence-corrected chi connectivity index (χ2v) is 6.88. The molecule has 0 bridgehead atoms. The van der Waals surface area contributed by atoms with Gasteiger partial charge in [-0.3, -0.25) is 0 Å². The monoisotopic (exact) mass is 288 g/mol. The molecule has 2 heterocycles. The summed E-state index contributed by atoms with van der Waals surface area (Å²) in [6.45, 7) is 10.1. The Morgan fingerprint density at radius 2 is 2.10 bits per heavy atom. The van der Waals surface area contributed by atoms with E-state index in [1.807, 2.05) is 0 Å². The van der Waals surface area contributed by atoms with Crippen molar-refractivity contribution in [3.63, 3.8) is 0 Å². The molecule has 3 rings (SSSR count). The van der Waals surface area contributed by atoms with Gasteiger partial charge in [-0.05, 0) is 56.9 Å². The Balaban J connectivity index is 1.57. The predicted octanol–water partition coefficient (Wildman–Crippen LogP) is 3.55. The highest BCUT2D eigenvalue weighted by atomic mass is 16.5. The summed E-state index contributed by atoms with van der Waals surface area (Å²) in [6, 6.07) is 6.54. The molecule has 0 aliphatic carbocycles. The van der Waals surface area contributed by atoms with E-state index in [-0.39, 0.29) is 0 Å². The minimum absolute atomic E-state index is 0.328. The number of nitrogens with one attached hydrogen (secondary N) is 1. The van der Waals surface area contributed by atoms with Gasteiger partial charge in [0.1, 0.15) is 5.75 Å². The Labute approximate surface area is 128 Å². The molecule has 0 radical (unpaired) electrons. The van der Waals surface area contributed by atoms with Crippen molar-refractivity contribution in [2.45, 2.75) is 39.5 Å². The Bertz CT molecular complexity index is 478. The van der Waals surface area contributed by atoms with Crippen LogP contribution in [0.4, 0.5) is 5.69 Å². The van der Waals surface area contributed by atoms with Gasteiger partial charge in [0.2, 0.25) is 0 Å². The van der Waals surface area contributed by atoms with Crippen molar-refractivity contribution in [3.05, 3.63) is 23.8 Å². The molecule has 2 aliphatic rings. The number of hydrogen-bond acceptors (Lipinski definition) is 3. The number of hydrogen-bond donors (Lipinski definition) is 1. The first-order valence-corrected chi connectivity index (χ1v) is 8.40. The second kappa shape index (κ2) is 6.27. The van der Waals surface area contributed by atoms with Crippen LogP contribution < -0.4 is 10.1 Å². The summed E-state index contributed by atoms with van der Waals surface area (Å²) in [7, 11) is 0. The van der Waals surface area contributed by atoms with Gasteiger partial charge in [0, 0.05) is 23.7 Å². The lowest BCUT2D eigenvalue weighted by Crippen LogP contribution is -2.41. The molecule has 0 atom stereocenters. The van der Waals surface area contributed by atoms with E-state index in [0.29, 0.717) is 5.41 Å². The van der Waals surface area contributed by atoms with Crippen LogP contribution in [-0.2, 0) is 6.42 Å². The van der Waals surface area contributed by atoms with Crippen LogP contribution in [-0.4, -0.2) is 37.7 Å². The fourth-order valence-electron chi connectivity index (χ4n) is 3.34. The molecule has 0 aromatic heterocycles. The van der Waals surface area contributed by atoms with Crippen LogP contribution in [0.3, 0.4) is 0 Å². The maximum Gasteiger partial charge on any atom is 0.121 e. The topological polar surface area (TPSA) is 24.5 Å². The van der Waals surface area contributed by atoms with Gasteiger partial charge in [-0.2, -0.15) is 0 Å². The van der Waals surface area contributed by atoms with Crippen molar-refractivity contribution in [1.29, 1.82) is 0 Å². The summed E-state index contributed by atoms with van der Waals surface area (Å²) in [5, 5.41) is 3.48. The Morgan fingerprint density at radius 3 is 2.86 bits per heavy atom. The fraction of sp³-hybridized carbons (Fsp3) is 0.667. The van der Waals surface area contributed by atoms with Crippen LogP contribution >= 0.6 is 0 Å². The lowest BCUT2D eigenvalue weighted by molar-refractivity contribution is 0.0715. The lowest BCUT2D eigenvalue weighted by atomic mass is 9.81. The highest BCUT2D eigenvalue weighted by Crippen LogP contribution is 2.33. The van der Waals surface area contributed by atoms with E-state index in [1.54, 1.807) is 0 Å². The molecule has 116 valence electrons. The highest BCUT2D eigenvalue weighted by molar-refractivity contribution is 5.56. The van der Waals surface area contributed by atoms with Crippen molar-refractivity contribution in [1.82, 2.24) is 4.90 Å². The van der Waals surface area contributed by atoms with Gasteiger partial charge < -0.3 is 15.0 Å². The Morgan fingerprint density at radius 1 is 1.29 bits per heavy atom. The molecule has 3 heteroatoms. The molecule has 0 saturated carbocycles. The van der Waals surface area contributed by atoms with Crippen LogP contribution in [0.5, 0.6) is 5.75 Å². The standard InChI is InChI=1S/C18H28N2O/c1-3-20-11-8-18(2,9-12-20)14-21-16-7-6-15-5-4-10-19-17(15)13-16/h6-7,13,19H,3-5,8-12,14H2,1-2H3. The predicted molar refractivity (Wildman–Crippen MR) is 88.2 cm³/mol. The zero-order valence-corrected chi connectivity index (χ0v) is 13.5. The van der Waals surface area contributed by atoms with Crippen LogP contribution in [0, 0.1) is 5.41 Å². The number of anilines is 1. The molecular formula is C18H28N2O. The van der Waals surface area contributed by atoms with Crippen molar-refractivity contribution >= 4 is 5.69 Å². The quantitative estimate of drug-likeness (QED) is 0.917. The Kier molecular flexibility index (Phi) is 4.39. The van der Waals surface area contributed by atoms with Gasteiger partial charge in [0.25, 0.3) is 0 Å². The minimum Gasteiger partial charge on any atom is -0.493 e. The third kappa shape index (κ3) is 3.52. The van der Waals surface area contributed by atoms with Crippen LogP contribution in [0.2, 0.25) is 0 Å². The van der Waals surface area contributed by atoms with Gasteiger partial charge in [-0.25, -0.2) is 0 Å². The normalized spacial score (nSPS) is 21.4. The van der Waals surface area contributed by atoms with Crippen molar-refractivity contribution in [3.8, 4) is 5.75 Å². The average molecular weight is 288 g/mol.